The predicted molar refractivity (Wildman–Crippen MR) is 78.7 cm³/mol. The van der Waals surface area contributed by atoms with Crippen LogP contribution < -0.4 is 4.74 Å². The number of likely N-dealkylation sites (tertiary alicyclic amines) is 1. The minimum absolute atomic E-state index is 0.0371. The Hall–Kier alpha value is -0.880. The van der Waals surface area contributed by atoms with Crippen LogP contribution in [0.1, 0.15) is 19.8 Å². The molecule has 0 spiro atoms. The number of benzene rings is 1. The van der Waals surface area contributed by atoms with E-state index in [1.807, 2.05) is 0 Å². The van der Waals surface area contributed by atoms with E-state index in [0.29, 0.717) is 11.7 Å². The molecule has 1 heterocycles. The molecule has 6 heteroatoms. The van der Waals surface area contributed by atoms with Crippen LogP contribution in [-0.4, -0.2) is 36.6 Å². The molecule has 21 heavy (non-hydrogen) atoms. The molecule has 0 radical (unpaired) electrons. The SMILES string of the molecule is CC1CN(C)CCCC1Oc1ccccc1SC(F)(F)F. The Kier molecular flexibility index (Phi) is 5.43. The Morgan fingerprint density at radius 3 is 2.71 bits per heavy atom. The van der Waals surface area contributed by atoms with Gasteiger partial charge in [-0.3, -0.25) is 0 Å². The molecule has 2 atom stereocenters. The highest BCUT2D eigenvalue weighted by atomic mass is 32.2. The number of alkyl halides is 3. The Morgan fingerprint density at radius 2 is 2.00 bits per heavy atom. The van der Waals surface area contributed by atoms with Crippen molar-refractivity contribution in [1.82, 2.24) is 4.90 Å². The van der Waals surface area contributed by atoms with Crippen LogP contribution in [0.4, 0.5) is 13.2 Å². The van der Waals surface area contributed by atoms with E-state index in [1.165, 1.54) is 6.07 Å². The molecule has 118 valence electrons. The molecule has 0 aromatic heterocycles. The highest BCUT2D eigenvalue weighted by Gasteiger charge is 2.31. The van der Waals surface area contributed by atoms with E-state index in [9.17, 15) is 13.2 Å². The fourth-order valence-corrected chi connectivity index (χ4v) is 3.25. The molecule has 0 amide bonds. The van der Waals surface area contributed by atoms with Gasteiger partial charge in [0.15, 0.2) is 0 Å². The molecule has 2 rings (SSSR count). The van der Waals surface area contributed by atoms with Crippen molar-refractivity contribution < 1.29 is 17.9 Å². The Labute approximate surface area is 127 Å². The number of halogens is 3. The van der Waals surface area contributed by atoms with E-state index in [-0.39, 0.29) is 22.8 Å². The van der Waals surface area contributed by atoms with Crippen molar-refractivity contribution in [1.29, 1.82) is 0 Å². The summed E-state index contributed by atoms with van der Waals surface area (Å²) in [6.07, 6.45) is 1.83. The van der Waals surface area contributed by atoms with E-state index < -0.39 is 5.51 Å². The molecule has 1 fully saturated rings. The second-order valence-corrected chi connectivity index (χ2v) is 6.64. The standard InChI is InChI=1S/C15H20F3NOS/c1-11-10-19(2)9-5-7-12(11)20-13-6-3-4-8-14(13)21-15(16,17)18/h3-4,6,8,11-12H,5,7,9-10H2,1-2H3. The highest BCUT2D eigenvalue weighted by molar-refractivity contribution is 8.00. The lowest BCUT2D eigenvalue weighted by molar-refractivity contribution is -0.0329. The third-order valence-electron chi connectivity index (χ3n) is 3.62. The third-order valence-corrected chi connectivity index (χ3v) is 4.40. The van der Waals surface area contributed by atoms with E-state index in [1.54, 1.807) is 18.2 Å². The summed E-state index contributed by atoms with van der Waals surface area (Å²) in [7, 11) is 2.06. The molecule has 0 saturated carbocycles. The average molecular weight is 319 g/mol. The minimum Gasteiger partial charge on any atom is -0.489 e. The number of nitrogens with zero attached hydrogens (tertiary/aromatic N) is 1. The quantitative estimate of drug-likeness (QED) is 0.766. The summed E-state index contributed by atoms with van der Waals surface area (Å²) in [5, 5.41) is 0. The van der Waals surface area contributed by atoms with E-state index in [2.05, 4.69) is 18.9 Å². The third kappa shape index (κ3) is 5.11. The van der Waals surface area contributed by atoms with E-state index in [4.69, 9.17) is 4.74 Å². The smallest absolute Gasteiger partial charge is 0.446 e. The van der Waals surface area contributed by atoms with Crippen LogP contribution in [0, 0.1) is 5.92 Å². The van der Waals surface area contributed by atoms with Gasteiger partial charge in [0.05, 0.1) is 4.90 Å². The Bertz CT molecular complexity index is 466. The van der Waals surface area contributed by atoms with Gasteiger partial charge in [-0.1, -0.05) is 19.1 Å². The Balaban J connectivity index is 2.11. The number of thioether (sulfide) groups is 1. The number of hydrogen-bond donors (Lipinski definition) is 0. The first-order valence-corrected chi connectivity index (χ1v) is 7.87. The first-order chi connectivity index (χ1) is 9.85. The molecule has 1 aromatic rings. The van der Waals surface area contributed by atoms with Crippen LogP contribution in [0.15, 0.2) is 29.2 Å². The van der Waals surface area contributed by atoms with Gasteiger partial charge in [-0.2, -0.15) is 13.2 Å². The van der Waals surface area contributed by atoms with Crippen LogP contribution in [-0.2, 0) is 0 Å². The topological polar surface area (TPSA) is 12.5 Å². The van der Waals surface area contributed by atoms with E-state index in [0.717, 1.165) is 25.9 Å². The zero-order valence-corrected chi connectivity index (χ0v) is 13.0. The number of para-hydroxylation sites is 1. The van der Waals surface area contributed by atoms with Crippen LogP contribution in [0.25, 0.3) is 0 Å². The molecule has 2 nitrogen and oxygen atoms in total. The molecular weight excluding hydrogens is 299 g/mol. The maximum Gasteiger partial charge on any atom is 0.446 e. The van der Waals surface area contributed by atoms with Crippen molar-refractivity contribution in [3.8, 4) is 5.75 Å². The summed E-state index contributed by atoms with van der Waals surface area (Å²) in [5.74, 6) is 0.627. The maximum atomic E-state index is 12.6. The molecule has 2 unspecified atom stereocenters. The van der Waals surface area contributed by atoms with Crippen LogP contribution in [0.2, 0.25) is 0 Å². The zero-order valence-electron chi connectivity index (χ0n) is 12.2. The molecular formula is C15H20F3NOS. The second-order valence-electron chi connectivity index (χ2n) is 5.53. The summed E-state index contributed by atoms with van der Waals surface area (Å²) in [6.45, 7) is 3.99. The summed E-state index contributed by atoms with van der Waals surface area (Å²) in [6, 6.07) is 6.39. The summed E-state index contributed by atoms with van der Waals surface area (Å²) >= 11 is -0.112. The number of rotatable bonds is 3. The fourth-order valence-electron chi connectivity index (χ4n) is 2.64. The molecule has 0 bridgehead atoms. The molecule has 1 aliphatic heterocycles. The lowest BCUT2D eigenvalue weighted by atomic mass is 10.0. The number of ether oxygens (including phenoxy) is 1. The van der Waals surface area contributed by atoms with Crippen LogP contribution in [0.5, 0.6) is 5.75 Å². The van der Waals surface area contributed by atoms with Gasteiger partial charge in [0.1, 0.15) is 11.9 Å². The van der Waals surface area contributed by atoms with Gasteiger partial charge in [0, 0.05) is 12.5 Å². The first-order valence-electron chi connectivity index (χ1n) is 7.05. The number of hydrogen-bond acceptors (Lipinski definition) is 3. The van der Waals surface area contributed by atoms with Gasteiger partial charge in [0.25, 0.3) is 0 Å². The van der Waals surface area contributed by atoms with Crippen molar-refractivity contribution >= 4 is 11.8 Å². The average Bonchev–Trinajstić information content (AvgIpc) is 2.52. The monoisotopic (exact) mass is 319 g/mol. The zero-order chi connectivity index (χ0) is 15.5. The predicted octanol–water partition coefficient (Wildman–Crippen LogP) is 4.41. The van der Waals surface area contributed by atoms with Crippen molar-refractivity contribution in [2.45, 2.75) is 36.3 Å². The van der Waals surface area contributed by atoms with Gasteiger partial charge < -0.3 is 9.64 Å². The highest BCUT2D eigenvalue weighted by Crippen LogP contribution is 2.42. The minimum atomic E-state index is -4.30. The lowest BCUT2D eigenvalue weighted by Crippen LogP contribution is -2.30. The van der Waals surface area contributed by atoms with Crippen molar-refractivity contribution in [2.75, 3.05) is 20.1 Å². The normalized spacial score (nSPS) is 24.6. The molecule has 1 aromatic carbocycles. The van der Waals surface area contributed by atoms with Crippen LogP contribution in [0.3, 0.4) is 0 Å². The van der Waals surface area contributed by atoms with Crippen molar-refractivity contribution in [3.63, 3.8) is 0 Å². The molecule has 1 saturated heterocycles. The second kappa shape index (κ2) is 6.92. The largest absolute Gasteiger partial charge is 0.489 e. The van der Waals surface area contributed by atoms with E-state index >= 15 is 0 Å². The summed E-state index contributed by atoms with van der Waals surface area (Å²) < 4.78 is 43.7. The first kappa shape index (κ1) is 16.5. The molecule has 1 aliphatic rings. The van der Waals surface area contributed by atoms with Gasteiger partial charge in [0.2, 0.25) is 0 Å². The summed E-state index contributed by atoms with van der Waals surface area (Å²) in [4.78, 5) is 2.37. The van der Waals surface area contributed by atoms with Crippen molar-refractivity contribution in [3.05, 3.63) is 24.3 Å². The maximum absolute atomic E-state index is 12.6. The fraction of sp³-hybridized carbons (Fsp3) is 0.600. The summed E-state index contributed by atoms with van der Waals surface area (Å²) in [5.41, 5.74) is -4.30. The molecule has 0 aliphatic carbocycles. The van der Waals surface area contributed by atoms with Crippen LogP contribution >= 0.6 is 11.8 Å². The van der Waals surface area contributed by atoms with Crippen molar-refractivity contribution in [2.24, 2.45) is 5.92 Å². The van der Waals surface area contributed by atoms with Gasteiger partial charge in [-0.05, 0) is 50.3 Å². The lowest BCUT2D eigenvalue weighted by Gasteiger charge is -2.25. The van der Waals surface area contributed by atoms with Gasteiger partial charge in [-0.25, -0.2) is 0 Å². The van der Waals surface area contributed by atoms with Gasteiger partial charge >= 0.3 is 5.51 Å². The Morgan fingerprint density at radius 1 is 1.29 bits per heavy atom. The molecule has 0 N–H and O–H groups in total. The van der Waals surface area contributed by atoms with Gasteiger partial charge in [-0.15, -0.1) is 0 Å².